The summed E-state index contributed by atoms with van der Waals surface area (Å²) in [6, 6.07) is 0. The second-order valence-corrected chi connectivity index (χ2v) is 7.54. The summed E-state index contributed by atoms with van der Waals surface area (Å²) in [5, 5.41) is 0. The van der Waals surface area contributed by atoms with Crippen LogP contribution >= 0.6 is 0 Å². The average Bonchev–Trinajstić information content (AvgIpc) is 2.97. The fraction of sp³-hybridized carbons (Fsp3) is 0.667. The third-order valence-corrected chi connectivity index (χ3v) is 6.98. The van der Waals surface area contributed by atoms with Crippen LogP contribution in [-0.4, -0.2) is 47.5 Å². The fourth-order valence-electron chi connectivity index (χ4n) is 5.90. The van der Waals surface area contributed by atoms with Crippen LogP contribution in [0.3, 0.4) is 0 Å². The normalized spacial score (nSPS) is 43.5. The van der Waals surface area contributed by atoms with Gasteiger partial charge in [-0.2, -0.15) is 0 Å². The van der Waals surface area contributed by atoms with Gasteiger partial charge in [0.15, 0.2) is 0 Å². The molecule has 0 radical (unpaired) electrons. The van der Waals surface area contributed by atoms with Crippen LogP contribution in [0.1, 0.15) is 26.7 Å². The number of rotatable bonds is 2. The van der Waals surface area contributed by atoms with Crippen molar-refractivity contribution in [3.63, 3.8) is 0 Å². The van der Waals surface area contributed by atoms with E-state index in [0.717, 1.165) is 12.0 Å². The molecule has 4 amide bonds. The third kappa shape index (κ3) is 1.40. The van der Waals surface area contributed by atoms with Gasteiger partial charge in [-0.3, -0.25) is 29.0 Å². The topological polar surface area (TPSA) is 74.8 Å². The summed E-state index contributed by atoms with van der Waals surface area (Å²) in [5.74, 6) is -3.11. The van der Waals surface area contributed by atoms with Gasteiger partial charge in [-0.15, -0.1) is 0 Å². The maximum Gasteiger partial charge on any atom is 0.233 e. The summed E-state index contributed by atoms with van der Waals surface area (Å²) in [6.07, 6.45) is 3.38. The van der Waals surface area contributed by atoms with Crippen molar-refractivity contribution in [1.82, 2.24) is 9.80 Å². The molecule has 0 aromatic heterocycles. The third-order valence-electron chi connectivity index (χ3n) is 6.98. The number of imide groups is 2. The summed E-state index contributed by atoms with van der Waals surface area (Å²) in [5.41, 5.74) is 0.344. The molecule has 0 N–H and O–H groups in total. The Morgan fingerprint density at radius 3 is 1.67 bits per heavy atom. The number of likely N-dealkylation sites (tertiary alicyclic amines) is 2. The smallest absolute Gasteiger partial charge is 0.233 e. The van der Waals surface area contributed by atoms with Crippen molar-refractivity contribution in [3.05, 3.63) is 11.6 Å². The maximum absolute atomic E-state index is 12.8. The lowest BCUT2D eigenvalue weighted by Crippen LogP contribution is -2.59. The molecule has 2 heterocycles. The predicted octanol–water partition coefficient (Wildman–Crippen LogP) is 0.825. The van der Waals surface area contributed by atoms with Crippen LogP contribution < -0.4 is 0 Å². The molecular formula is C18H22N2O4. The first-order valence-electron chi connectivity index (χ1n) is 8.66. The van der Waals surface area contributed by atoms with Gasteiger partial charge in [0, 0.05) is 25.4 Å². The van der Waals surface area contributed by atoms with Gasteiger partial charge >= 0.3 is 0 Å². The Morgan fingerprint density at radius 2 is 1.29 bits per heavy atom. The number of allylic oxidation sites excluding steroid dienone is 2. The van der Waals surface area contributed by atoms with E-state index < -0.39 is 29.1 Å². The molecule has 4 unspecified atom stereocenters. The van der Waals surface area contributed by atoms with E-state index in [1.165, 1.54) is 23.9 Å². The Morgan fingerprint density at radius 1 is 0.833 bits per heavy atom. The molecule has 0 aromatic carbocycles. The number of nitrogens with zero attached hydrogens (tertiary/aromatic N) is 2. The first kappa shape index (κ1) is 15.5. The number of hydrogen-bond acceptors (Lipinski definition) is 4. The lowest BCUT2D eigenvalue weighted by Gasteiger charge is -2.55. The molecule has 1 saturated carbocycles. The largest absolute Gasteiger partial charge is 0.285 e. The second-order valence-electron chi connectivity index (χ2n) is 7.54. The molecule has 5 aliphatic rings. The molecule has 2 aliphatic heterocycles. The molecule has 4 atom stereocenters. The van der Waals surface area contributed by atoms with Crippen LogP contribution in [0, 0.1) is 35.0 Å². The molecule has 3 fully saturated rings. The van der Waals surface area contributed by atoms with E-state index >= 15 is 0 Å². The van der Waals surface area contributed by atoms with E-state index in [1.807, 2.05) is 13.8 Å². The zero-order chi connectivity index (χ0) is 17.5. The molecule has 6 nitrogen and oxygen atoms in total. The van der Waals surface area contributed by atoms with Crippen LogP contribution in [0.5, 0.6) is 0 Å². The van der Waals surface area contributed by atoms with Crippen LogP contribution in [-0.2, 0) is 19.2 Å². The van der Waals surface area contributed by atoms with Crippen molar-refractivity contribution >= 4 is 23.6 Å². The van der Waals surface area contributed by atoms with E-state index in [-0.39, 0.29) is 29.5 Å². The van der Waals surface area contributed by atoms with Gasteiger partial charge in [0.25, 0.3) is 0 Å². The highest BCUT2D eigenvalue weighted by atomic mass is 16.2. The van der Waals surface area contributed by atoms with Gasteiger partial charge in [0.05, 0.1) is 23.7 Å². The van der Waals surface area contributed by atoms with Crippen molar-refractivity contribution in [2.24, 2.45) is 35.0 Å². The Bertz CT molecular complexity index is 679. The summed E-state index contributed by atoms with van der Waals surface area (Å²) >= 11 is 0. The zero-order valence-corrected chi connectivity index (χ0v) is 14.4. The Labute approximate surface area is 140 Å². The Kier molecular flexibility index (Phi) is 2.95. The minimum atomic E-state index is -0.718. The minimum absolute atomic E-state index is 0.194. The van der Waals surface area contributed by atoms with Gasteiger partial charge < -0.3 is 0 Å². The molecule has 0 aromatic rings. The highest BCUT2D eigenvalue weighted by Crippen LogP contribution is 2.67. The first-order chi connectivity index (χ1) is 11.3. The van der Waals surface area contributed by atoms with Crippen LogP contribution in [0.25, 0.3) is 0 Å². The molecule has 0 spiro atoms. The van der Waals surface area contributed by atoms with Crippen molar-refractivity contribution in [1.29, 1.82) is 0 Å². The molecule has 5 rings (SSSR count). The summed E-state index contributed by atoms with van der Waals surface area (Å²) < 4.78 is 0. The highest BCUT2D eigenvalue weighted by Gasteiger charge is 2.74. The predicted molar refractivity (Wildman–Crippen MR) is 84.1 cm³/mol. The average molecular weight is 330 g/mol. The lowest BCUT2D eigenvalue weighted by molar-refractivity contribution is -0.148. The highest BCUT2D eigenvalue weighted by molar-refractivity contribution is 6.11. The summed E-state index contributed by atoms with van der Waals surface area (Å²) in [6.45, 7) is 3.96. The second kappa shape index (κ2) is 4.55. The lowest BCUT2D eigenvalue weighted by atomic mass is 9.44. The number of amides is 4. The van der Waals surface area contributed by atoms with E-state index in [2.05, 4.69) is 6.08 Å². The van der Waals surface area contributed by atoms with E-state index in [9.17, 15) is 19.2 Å². The zero-order valence-electron chi connectivity index (χ0n) is 14.4. The Hall–Kier alpha value is -1.98. The molecule has 6 heteroatoms. The van der Waals surface area contributed by atoms with Crippen LogP contribution in [0.4, 0.5) is 0 Å². The molecule has 128 valence electrons. The molecular weight excluding hydrogens is 308 g/mol. The standard InChI is InChI=1S/C18H22N2O4/c1-5-8-7-18(6-2)12-10(14(21)19(3)16(12)23)9(8)11-13(18)17(24)20(4)15(11)22/h7,9-13H,5-6H2,1-4H3. The summed E-state index contributed by atoms with van der Waals surface area (Å²) in [7, 11) is 3.03. The first-order valence-corrected chi connectivity index (χ1v) is 8.66. The van der Waals surface area contributed by atoms with Crippen molar-refractivity contribution < 1.29 is 19.2 Å². The van der Waals surface area contributed by atoms with Gasteiger partial charge in [-0.1, -0.05) is 25.5 Å². The van der Waals surface area contributed by atoms with Gasteiger partial charge in [-0.25, -0.2) is 0 Å². The minimum Gasteiger partial charge on any atom is -0.285 e. The van der Waals surface area contributed by atoms with Crippen molar-refractivity contribution in [3.8, 4) is 0 Å². The Balaban J connectivity index is 2.00. The molecule has 2 bridgehead atoms. The van der Waals surface area contributed by atoms with Crippen LogP contribution in [0.15, 0.2) is 11.6 Å². The van der Waals surface area contributed by atoms with Crippen LogP contribution in [0.2, 0.25) is 0 Å². The van der Waals surface area contributed by atoms with Gasteiger partial charge in [-0.05, 0) is 12.8 Å². The summed E-state index contributed by atoms with van der Waals surface area (Å²) in [4.78, 5) is 53.6. The molecule has 24 heavy (non-hydrogen) atoms. The SMILES string of the molecule is CCC1=CC2(CC)C3C(=O)N(C)C(=O)C3C1C1C(=O)N(C)C(=O)C12. The van der Waals surface area contributed by atoms with E-state index in [0.29, 0.717) is 6.42 Å². The van der Waals surface area contributed by atoms with E-state index in [1.54, 1.807) is 0 Å². The van der Waals surface area contributed by atoms with Crippen molar-refractivity contribution in [2.45, 2.75) is 26.7 Å². The number of carbonyl (C=O) groups excluding carboxylic acids is 4. The monoisotopic (exact) mass is 330 g/mol. The fourth-order valence-corrected chi connectivity index (χ4v) is 5.90. The quantitative estimate of drug-likeness (QED) is 0.555. The number of hydrogen-bond donors (Lipinski definition) is 0. The molecule has 3 aliphatic carbocycles. The van der Waals surface area contributed by atoms with E-state index in [4.69, 9.17) is 0 Å². The van der Waals surface area contributed by atoms with Gasteiger partial charge in [0.1, 0.15) is 0 Å². The number of carbonyl (C=O) groups is 4. The molecule has 2 saturated heterocycles. The maximum atomic E-state index is 12.8. The van der Waals surface area contributed by atoms with Crippen molar-refractivity contribution in [2.75, 3.05) is 14.1 Å². The van der Waals surface area contributed by atoms with Gasteiger partial charge in [0.2, 0.25) is 23.6 Å².